The average molecular weight is 529 g/mol. The molecule has 0 radical (unpaired) electrons. The highest BCUT2D eigenvalue weighted by atomic mass is 35.5. The van der Waals surface area contributed by atoms with Gasteiger partial charge in [0, 0.05) is 34.8 Å². The van der Waals surface area contributed by atoms with E-state index in [0.29, 0.717) is 46.3 Å². The second-order valence-electron chi connectivity index (χ2n) is 8.96. The van der Waals surface area contributed by atoms with Gasteiger partial charge < -0.3 is 15.6 Å². The summed E-state index contributed by atoms with van der Waals surface area (Å²) >= 11 is 6.19. The Morgan fingerprint density at radius 1 is 1.24 bits per heavy atom. The number of para-hydroxylation sites is 1. The zero-order valence-electron chi connectivity index (χ0n) is 20.5. The first-order valence-electron chi connectivity index (χ1n) is 12.1. The molecule has 38 heavy (non-hydrogen) atoms. The molecule has 1 unspecified atom stereocenters. The summed E-state index contributed by atoms with van der Waals surface area (Å²) in [6, 6.07) is 12.3. The van der Waals surface area contributed by atoms with Gasteiger partial charge in [0.25, 0.3) is 0 Å². The molecule has 0 saturated carbocycles. The lowest BCUT2D eigenvalue weighted by molar-refractivity contribution is -0.117. The van der Waals surface area contributed by atoms with E-state index in [9.17, 15) is 9.59 Å². The zero-order valence-corrected chi connectivity index (χ0v) is 21.3. The lowest BCUT2D eigenvalue weighted by atomic mass is 10.0. The van der Waals surface area contributed by atoms with Crippen LogP contribution in [0, 0.1) is 5.92 Å². The monoisotopic (exact) mass is 528 g/mol. The molecule has 0 fully saturated rings. The molecule has 0 saturated heterocycles. The van der Waals surface area contributed by atoms with Crippen molar-refractivity contribution < 1.29 is 9.59 Å². The van der Waals surface area contributed by atoms with E-state index in [4.69, 9.17) is 16.6 Å². The van der Waals surface area contributed by atoms with Crippen LogP contribution in [0.2, 0.25) is 5.02 Å². The Morgan fingerprint density at radius 3 is 2.95 bits per heavy atom. The Labute approximate surface area is 223 Å². The van der Waals surface area contributed by atoms with Crippen LogP contribution in [0.25, 0.3) is 23.0 Å². The van der Waals surface area contributed by atoms with Gasteiger partial charge in [-0.2, -0.15) is 4.68 Å². The number of imidazole rings is 1. The maximum atomic E-state index is 13.0. The van der Waals surface area contributed by atoms with E-state index in [1.807, 2.05) is 43.3 Å². The zero-order chi connectivity index (χ0) is 26.5. The highest BCUT2D eigenvalue weighted by molar-refractivity contribution is 6.30. The van der Waals surface area contributed by atoms with Crippen molar-refractivity contribution in [2.45, 2.75) is 25.8 Å². The van der Waals surface area contributed by atoms with Gasteiger partial charge in [-0.05, 0) is 53.1 Å². The summed E-state index contributed by atoms with van der Waals surface area (Å²) in [6.45, 7) is 1.98. The summed E-state index contributed by atoms with van der Waals surface area (Å²) in [7, 11) is 0. The SMILES string of the molecule is C[C@@H]1/C=C/CC(NC(=O)/C=C/c2cc(Cl)ccc2-n2cnnn2)c2nc(c[nH]2)-c2ccccc2NC(=O)C1. The van der Waals surface area contributed by atoms with Gasteiger partial charge >= 0.3 is 0 Å². The smallest absolute Gasteiger partial charge is 0.244 e. The number of carbonyl (C=O) groups excluding carboxylic acids is 2. The molecule has 0 aliphatic carbocycles. The van der Waals surface area contributed by atoms with Crippen molar-refractivity contribution >= 4 is 35.2 Å². The van der Waals surface area contributed by atoms with Crippen molar-refractivity contribution in [3.05, 3.63) is 89.6 Å². The minimum Gasteiger partial charge on any atom is -0.346 e. The number of rotatable bonds is 4. The predicted molar refractivity (Wildman–Crippen MR) is 144 cm³/mol. The van der Waals surface area contributed by atoms with Gasteiger partial charge in [0.2, 0.25) is 11.8 Å². The lowest BCUT2D eigenvalue weighted by Crippen LogP contribution is -2.27. The summed E-state index contributed by atoms with van der Waals surface area (Å²) in [5.41, 5.74) is 3.52. The Hall–Kier alpha value is -4.57. The van der Waals surface area contributed by atoms with Crippen LogP contribution in [0.4, 0.5) is 5.69 Å². The topological polar surface area (TPSA) is 130 Å². The quantitative estimate of drug-likeness (QED) is 0.264. The van der Waals surface area contributed by atoms with Crippen molar-refractivity contribution in [2.75, 3.05) is 5.32 Å². The molecule has 2 aromatic heterocycles. The molecule has 3 N–H and O–H groups in total. The van der Waals surface area contributed by atoms with E-state index in [2.05, 4.69) is 31.1 Å². The van der Waals surface area contributed by atoms with Crippen LogP contribution in [0.3, 0.4) is 0 Å². The second kappa shape index (κ2) is 11.2. The summed E-state index contributed by atoms with van der Waals surface area (Å²) in [6.07, 6.45) is 11.1. The number of nitrogens with one attached hydrogen (secondary N) is 3. The van der Waals surface area contributed by atoms with Gasteiger partial charge in [-0.1, -0.05) is 48.9 Å². The number of hydrogen-bond donors (Lipinski definition) is 3. The molecule has 2 amide bonds. The maximum Gasteiger partial charge on any atom is 0.244 e. The minimum atomic E-state index is -0.417. The molecule has 1 aliphatic rings. The van der Waals surface area contributed by atoms with Crippen LogP contribution >= 0.6 is 11.6 Å². The second-order valence-corrected chi connectivity index (χ2v) is 9.40. The maximum absolute atomic E-state index is 13.0. The molecule has 5 rings (SSSR count). The molecule has 3 heterocycles. The molecular formula is C27H25ClN8O2. The fourth-order valence-electron chi connectivity index (χ4n) is 4.24. The number of aromatic amines is 1. The third-order valence-electron chi connectivity index (χ3n) is 6.06. The Bertz CT molecular complexity index is 1510. The number of fused-ring (bicyclic) bond motifs is 4. The van der Waals surface area contributed by atoms with Crippen molar-refractivity contribution in [1.82, 2.24) is 35.5 Å². The Morgan fingerprint density at radius 2 is 2.11 bits per heavy atom. The van der Waals surface area contributed by atoms with Crippen LogP contribution < -0.4 is 10.6 Å². The summed E-state index contributed by atoms with van der Waals surface area (Å²) in [5, 5.41) is 17.8. The number of allylic oxidation sites excluding steroid dienone is 1. The molecule has 0 spiro atoms. The molecule has 1 aliphatic heterocycles. The van der Waals surface area contributed by atoms with Crippen molar-refractivity contribution in [1.29, 1.82) is 0 Å². The van der Waals surface area contributed by atoms with Gasteiger partial charge in [-0.3, -0.25) is 9.59 Å². The summed E-state index contributed by atoms with van der Waals surface area (Å²) in [5.74, 6) is 0.259. The first kappa shape index (κ1) is 25.1. The standard InChI is InChI=1S/C27H25ClN8O2/c1-17-5-4-8-22(27-29-15-23(33-27)20-6-2-3-7-21(20)31-26(38)13-17)32-25(37)12-9-18-14-19(28)10-11-24(18)36-16-30-34-35-36/h2-7,9-12,14-17,22H,8,13H2,1H3,(H,29,33)(H,31,38)(H,32,37)/b5-4+,12-9+/t17-,22?/m1/s1. The van der Waals surface area contributed by atoms with Crippen molar-refractivity contribution in [3.8, 4) is 16.9 Å². The van der Waals surface area contributed by atoms with Crippen LogP contribution in [-0.4, -0.2) is 42.0 Å². The molecule has 10 nitrogen and oxygen atoms in total. The van der Waals surface area contributed by atoms with Gasteiger partial charge in [0.05, 0.1) is 23.1 Å². The molecule has 4 aromatic rings. The number of aromatic nitrogens is 6. The van der Waals surface area contributed by atoms with Crippen LogP contribution in [-0.2, 0) is 9.59 Å². The van der Waals surface area contributed by atoms with E-state index in [-0.39, 0.29) is 17.7 Å². The highest BCUT2D eigenvalue weighted by Gasteiger charge is 2.19. The van der Waals surface area contributed by atoms with Gasteiger partial charge in [0.1, 0.15) is 12.2 Å². The fourth-order valence-corrected chi connectivity index (χ4v) is 4.42. The number of halogens is 1. The van der Waals surface area contributed by atoms with Crippen LogP contribution in [0.1, 0.15) is 37.2 Å². The fraction of sp³-hybridized carbons (Fsp3) is 0.185. The Balaban J connectivity index is 1.41. The summed E-state index contributed by atoms with van der Waals surface area (Å²) in [4.78, 5) is 33.6. The number of hydrogen-bond acceptors (Lipinski definition) is 6. The normalized spacial score (nSPS) is 18.5. The molecule has 2 atom stereocenters. The first-order valence-corrected chi connectivity index (χ1v) is 12.5. The molecule has 11 heteroatoms. The van der Waals surface area contributed by atoms with E-state index in [1.54, 1.807) is 30.5 Å². The lowest BCUT2D eigenvalue weighted by Gasteiger charge is -2.14. The van der Waals surface area contributed by atoms with Gasteiger partial charge in [-0.25, -0.2) is 4.98 Å². The van der Waals surface area contributed by atoms with Crippen LogP contribution in [0.5, 0.6) is 0 Å². The number of carbonyl (C=O) groups is 2. The number of nitrogens with zero attached hydrogens (tertiary/aromatic N) is 5. The van der Waals surface area contributed by atoms with E-state index < -0.39 is 6.04 Å². The molecular weight excluding hydrogens is 504 g/mol. The highest BCUT2D eigenvalue weighted by Crippen LogP contribution is 2.29. The number of H-pyrrole nitrogens is 1. The minimum absolute atomic E-state index is 0.0259. The molecule has 192 valence electrons. The first-order chi connectivity index (χ1) is 18.5. The van der Waals surface area contributed by atoms with Crippen molar-refractivity contribution in [3.63, 3.8) is 0 Å². The number of benzene rings is 2. The van der Waals surface area contributed by atoms with E-state index >= 15 is 0 Å². The molecule has 2 bridgehead atoms. The number of amides is 2. The summed E-state index contributed by atoms with van der Waals surface area (Å²) < 4.78 is 1.50. The largest absolute Gasteiger partial charge is 0.346 e. The average Bonchev–Trinajstić information content (AvgIpc) is 3.60. The van der Waals surface area contributed by atoms with Gasteiger partial charge in [0.15, 0.2) is 0 Å². The van der Waals surface area contributed by atoms with E-state index in [0.717, 1.165) is 5.56 Å². The van der Waals surface area contributed by atoms with E-state index in [1.165, 1.54) is 17.1 Å². The number of tetrazole rings is 1. The number of anilines is 1. The van der Waals surface area contributed by atoms with Crippen molar-refractivity contribution in [2.24, 2.45) is 5.92 Å². The molecule has 2 aromatic carbocycles. The van der Waals surface area contributed by atoms with Gasteiger partial charge in [-0.15, -0.1) is 5.10 Å². The Kier molecular flexibility index (Phi) is 7.41. The third-order valence-corrected chi connectivity index (χ3v) is 6.30. The predicted octanol–water partition coefficient (Wildman–Crippen LogP) is 4.50. The third kappa shape index (κ3) is 5.87. The van der Waals surface area contributed by atoms with Crippen LogP contribution in [0.15, 0.2) is 73.2 Å².